The van der Waals surface area contributed by atoms with E-state index in [9.17, 15) is 5.26 Å². The molecule has 24 heavy (non-hydrogen) atoms. The van der Waals surface area contributed by atoms with Crippen molar-refractivity contribution in [3.8, 4) is 6.07 Å². The number of nitrogens with one attached hydrogen (secondary N) is 1. The second-order valence-corrected chi connectivity index (χ2v) is 7.63. The topological polar surface area (TPSA) is 52.0 Å². The fourth-order valence-corrected chi connectivity index (χ4v) is 4.67. The van der Waals surface area contributed by atoms with Crippen LogP contribution in [0, 0.1) is 23.7 Å². The Kier molecular flexibility index (Phi) is 3.86. The first-order valence-electron chi connectivity index (χ1n) is 8.57. The molecular formula is C19H21ClN4. The highest BCUT2D eigenvalue weighted by Crippen LogP contribution is 2.41. The Bertz CT molecular complexity index is 833. The molecule has 2 aromatic rings. The first-order valence-corrected chi connectivity index (χ1v) is 8.94. The zero-order valence-electron chi connectivity index (χ0n) is 13.9. The maximum Gasteiger partial charge on any atom is 0.103 e. The molecule has 0 saturated carbocycles. The first-order chi connectivity index (χ1) is 11.6. The predicted octanol–water partition coefficient (Wildman–Crippen LogP) is 3.65. The van der Waals surface area contributed by atoms with E-state index in [4.69, 9.17) is 11.6 Å². The number of nitrogens with zero attached hydrogens (tertiary/aromatic N) is 3. The van der Waals surface area contributed by atoms with Crippen LogP contribution < -0.4 is 10.2 Å². The van der Waals surface area contributed by atoms with Crippen molar-refractivity contribution in [1.29, 1.82) is 5.26 Å². The molecule has 4 nitrogen and oxygen atoms in total. The largest absolute Gasteiger partial charge is 0.369 e. The minimum atomic E-state index is 0.341. The van der Waals surface area contributed by atoms with E-state index in [0.717, 1.165) is 54.8 Å². The molecular weight excluding hydrogens is 320 g/mol. The minimum absolute atomic E-state index is 0.341. The van der Waals surface area contributed by atoms with Gasteiger partial charge in [-0.15, -0.1) is 0 Å². The summed E-state index contributed by atoms with van der Waals surface area (Å²) in [5.41, 5.74) is 3.89. The molecule has 1 aromatic carbocycles. The average Bonchev–Trinajstić information content (AvgIpc) is 3.01. The smallest absolute Gasteiger partial charge is 0.103 e. The van der Waals surface area contributed by atoms with Crippen molar-refractivity contribution in [3.63, 3.8) is 0 Å². The van der Waals surface area contributed by atoms with Gasteiger partial charge in [-0.25, -0.2) is 0 Å². The maximum absolute atomic E-state index is 9.64. The van der Waals surface area contributed by atoms with E-state index < -0.39 is 0 Å². The van der Waals surface area contributed by atoms with Crippen LogP contribution in [0.5, 0.6) is 0 Å². The third kappa shape index (κ3) is 2.53. The molecule has 2 aliphatic heterocycles. The van der Waals surface area contributed by atoms with Crippen LogP contribution in [-0.2, 0) is 0 Å². The highest BCUT2D eigenvalue weighted by atomic mass is 35.5. The van der Waals surface area contributed by atoms with Gasteiger partial charge in [0.15, 0.2) is 0 Å². The number of anilines is 1. The molecule has 0 aliphatic carbocycles. The summed E-state index contributed by atoms with van der Waals surface area (Å²) in [5, 5.41) is 14.8. The predicted molar refractivity (Wildman–Crippen MR) is 97.6 cm³/mol. The van der Waals surface area contributed by atoms with Gasteiger partial charge in [-0.2, -0.15) is 5.26 Å². The summed E-state index contributed by atoms with van der Waals surface area (Å²) in [5.74, 6) is 0. The second kappa shape index (κ2) is 5.91. The second-order valence-electron chi connectivity index (χ2n) is 7.23. The Hall–Kier alpha value is -1.83. The molecule has 124 valence electrons. The lowest BCUT2D eigenvalue weighted by molar-refractivity contribution is 0.261. The van der Waals surface area contributed by atoms with Crippen LogP contribution in [0.4, 0.5) is 5.69 Å². The van der Waals surface area contributed by atoms with Crippen LogP contribution in [0.15, 0.2) is 18.3 Å². The van der Waals surface area contributed by atoms with Gasteiger partial charge in [0.1, 0.15) is 6.07 Å². The van der Waals surface area contributed by atoms with Gasteiger partial charge >= 0.3 is 0 Å². The molecule has 1 spiro atoms. The Labute approximate surface area is 147 Å². The number of hydrogen-bond acceptors (Lipinski definition) is 4. The summed E-state index contributed by atoms with van der Waals surface area (Å²) in [4.78, 5) is 6.84. The zero-order valence-corrected chi connectivity index (χ0v) is 14.7. The summed E-state index contributed by atoms with van der Waals surface area (Å²) in [6.45, 7) is 6.20. The first kappa shape index (κ1) is 15.7. The maximum atomic E-state index is 9.64. The van der Waals surface area contributed by atoms with Crippen molar-refractivity contribution in [1.82, 2.24) is 10.3 Å². The number of rotatable bonds is 1. The zero-order chi connectivity index (χ0) is 16.7. The number of benzene rings is 1. The Balaban J connectivity index is 1.87. The third-order valence-electron chi connectivity index (χ3n) is 5.47. The fraction of sp³-hybridized carbons (Fsp3) is 0.474. The number of aromatic nitrogens is 1. The molecule has 2 fully saturated rings. The molecule has 0 bridgehead atoms. The van der Waals surface area contributed by atoms with Crippen molar-refractivity contribution < 1.29 is 0 Å². The van der Waals surface area contributed by atoms with E-state index in [0.29, 0.717) is 16.0 Å². The molecule has 1 atom stereocenters. The van der Waals surface area contributed by atoms with Gasteiger partial charge in [-0.1, -0.05) is 11.6 Å². The molecule has 0 radical (unpaired) electrons. The van der Waals surface area contributed by atoms with E-state index in [2.05, 4.69) is 27.3 Å². The molecule has 4 rings (SSSR count). The summed E-state index contributed by atoms with van der Waals surface area (Å²) in [7, 11) is 0. The van der Waals surface area contributed by atoms with E-state index in [1.807, 2.05) is 13.0 Å². The van der Waals surface area contributed by atoms with E-state index in [1.54, 1.807) is 6.20 Å². The number of halogens is 1. The van der Waals surface area contributed by atoms with Crippen LogP contribution in [0.25, 0.3) is 10.9 Å². The Morgan fingerprint density at radius 1 is 1.38 bits per heavy atom. The summed E-state index contributed by atoms with van der Waals surface area (Å²) >= 11 is 6.42. The highest BCUT2D eigenvalue weighted by Gasteiger charge is 2.38. The Morgan fingerprint density at radius 3 is 3.00 bits per heavy atom. The van der Waals surface area contributed by atoms with Crippen molar-refractivity contribution in [2.24, 2.45) is 5.41 Å². The number of fused-ring (bicyclic) bond motifs is 1. The summed E-state index contributed by atoms with van der Waals surface area (Å²) in [6, 6.07) is 6.39. The molecule has 1 N–H and O–H groups in total. The third-order valence-corrected chi connectivity index (χ3v) is 5.76. The van der Waals surface area contributed by atoms with Gasteiger partial charge < -0.3 is 10.2 Å². The van der Waals surface area contributed by atoms with E-state index in [1.165, 1.54) is 12.8 Å². The monoisotopic (exact) mass is 340 g/mol. The number of nitriles is 1. The minimum Gasteiger partial charge on any atom is -0.369 e. The van der Waals surface area contributed by atoms with E-state index >= 15 is 0 Å². The summed E-state index contributed by atoms with van der Waals surface area (Å²) in [6.07, 6.45) is 5.32. The SMILES string of the molecule is Cc1cc(Cl)c2ncc(C#N)c(N3CCCC4(CCNC4)C3)c2c1. The van der Waals surface area contributed by atoms with Gasteiger partial charge in [0, 0.05) is 36.6 Å². The molecule has 1 unspecified atom stereocenters. The van der Waals surface area contributed by atoms with Gasteiger partial charge in [0.25, 0.3) is 0 Å². The van der Waals surface area contributed by atoms with Crippen LogP contribution in [-0.4, -0.2) is 31.2 Å². The lowest BCUT2D eigenvalue weighted by Crippen LogP contribution is -2.45. The van der Waals surface area contributed by atoms with Gasteiger partial charge in [0.05, 0.1) is 21.8 Å². The average molecular weight is 341 g/mol. The lowest BCUT2D eigenvalue weighted by Gasteiger charge is -2.42. The van der Waals surface area contributed by atoms with Gasteiger partial charge in [0.2, 0.25) is 0 Å². The van der Waals surface area contributed by atoms with Gasteiger partial charge in [-0.3, -0.25) is 4.98 Å². The number of hydrogen-bond donors (Lipinski definition) is 1. The number of piperidine rings is 1. The van der Waals surface area contributed by atoms with E-state index in [-0.39, 0.29) is 0 Å². The molecule has 3 heterocycles. The molecule has 0 amide bonds. The Morgan fingerprint density at radius 2 is 2.25 bits per heavy atom. The highest BCUT2D eigenvalue weighted by molar-refractivity contribution is 6.35. The van der Waals surface area contributed by atoms with Crippen LogP contribution in [0.2, 0.25) is 5.02 Å². The van der Waals surface area contributed by atoms with Crippen LogP contribution in [0.3, 0.4) is 0 Å². The van der Waals surface area contributed by atoms with Crippen LogP contribution in [0.1, 0.15) is 30.4 Å². The number of aryl methyl sites for hydroxylation is 1. The molecule has 2 saturated heterocycles. The van der Waals surface area contributed by atoms with Crippen LogP contribution >= 0.6 is 11.6 Å². The van der Waals surface area contributed by atoms with Gasteiger partial charge in [-0.05, 0) is 50.4 Å². The number of pyridine rings is 1. The van der Waals surface area contributed by atoms with Crippen molar-refractivity contribution >= 4 is 28.2 Å². The molecule has 5 heteroatoms. The molecule has 2 aliphatic rings. The fourth-order valence-electron chi connectivity index (χ4n) is 4.35. The normalized spacial score (nSPS) is 23.8. The van der Waals surface area contributed by atoms with Crippen molar-refractivity contribution in [3.05, 3.63) is 34.5 Å². The van der Waals surface area contributed by atoms with Crippen molar-refractivity contribution in [2.45, 2.75) is 26.2 Å². The molecule has 1 aromatic heterocycles. The van der Waals surface area contributed by atoms with Crippen molar-refractivity contribution in [2.75, 3.05) is 31.1 Å². The quantitative estimate of drug-likeness (QED) is 0.861. The standard InChI is InChI=1S/C19H21ClN4/c1-13-7-15-17(16(20)8-13)23-10-14(9-21)18(15)24-6-2-3-19(12-24)4-5-22-11-19/h7-8,10,22H,2-6,11-12H2,1H3. The summed E-state index contributed by atoms with van der Waals surface area (Å²) < 4.78 is 0. The lowest BCUT2D eigenvalue weighted by atomic mass is 9.79.